The van der Waals surface area contributed by atoms with E-state index in [2.05, 4.69) is 5.10 Å². The Kier molecular flexibility index (Phi) is 3.94. The number of carbonyl (C=O) groups excluding carboxylic acids is 1. The van der Waals surface area contributed by atoms with Gasteiger partial charge in [0.15, 0.2) is 0 Å². The molecule has 0 fully saturated rings. The van der Waals surface area contributed by atoms with E-state index in [-0.39, 0.29) is 11.9 Å². The lowest BCUT2D eigenvalue weighted by atomic mass is 10.0. The number of amides is 1. The van der Waals surface area contributed by atoms with Crippen molar-refractivity contribution in [3.8, 4) is 0 Å². The minimum Gasteiger partial charge on any atom is -0.467 e. The van der Waals surface area contributed by atoms with Crippen molar-refractivity contribution in [1.82, 2.24) is 5.01 Å². The lowest BCUT2D eigenvalue weighted by Gasteiger charge is -2.20. The van der Waals surface area contributed by atoms with Crippen molar-refractivity contribution in [3.05, 3.63) is 95.4 Å². The number of hydrogen-bond donors (Lipinski definition) is 0. The van der Waals surface area contributed by atoms with Gasteiger partial charge in [0.2, 0.25) is 0 Å². The fraction of sp³-hybridized carbons (Fsp3) is 0.143. The Morgan fingerprint density at radius 1 is 1.08 bits per heavy atom. The standard InChI is InChI=1S/C21H18N2O2/c1-15-7-5-10-17(13-15)21(24)23-19(20-11-6-12-25-20)14-18(22-23)16-8-3-2-4-9-16/h2-13,19H,14H2,1H3/t19-/m0/s1. The lowest BCUT2D eigenvalue weighted by molar-refractivity contribution is 0.0692. The average molecular weight is 330 g/mol. The molecule has 4 nitrogen and oxygen atoms in total. The third-order valence-electron chi connectivity index (χ3n) is 4.36. The van der Waals surface area contributed by atoms with Gasteiger partial charge in [-0.1, -0.05) is 48.0 Å². The first-order valence-corrected chi connectivity index (χ1v) is 8.29. The zero-order chi connectivity index (χ0) is 17.2. The summed E-state index contributed by atoms with van der Waals surface area (Å²) in [5.74, 6) is 0.631. The van der Waals surface area contributed by atoms with Crippen LogP contribution >= 0.6 is 0 Å². The van der Waals surface area contributed by atoms with Gasteiger partial charge in [-0.25, -0.2) is 5.01 Å². The number of carbonyl (C=O) groups is 1. The zero-order valence-electron chi connectivity index (χ0n) is 13.9. The maximum Gasteiger partial charge on any atom is 0.274 e. The van der Waals surface area contributed by atoms with Gasteiger partial charge in [0.1, 0.15) is 11.8 Å². The van der Waals surface area contributed by atoms with Gasteiger partial charge in [0.25, 0.3) is 5.91 Å². The number of hydrogen-bond acceptors (Lipinski definition) is 3. The van der Waals surface area contributed by atoms with E-state index in [1.54, 1.807) is 11.3 Å². The summed E-state index contributed by atoms with van der Waals surface area (Å²) in [6, 6.07) is 21.0. The molecule has 2 heterocycles. The molecule has 0 radical (unpaired) electrons. The van der Waals surface area contributed by atoms with Gasteiger partial charge in [-0.3, -0.25) is 4.79 Å². The Bertz CT molecular complexity index is 914. The first kappa shape index (κ1) is 15.4. The molecular weight excluding hydrogens is 312 g/mol. The SMILES string of the molecule is Cc1cccc(C(=O)N2N=C(c3ccccc3)C[C@H]2c2ccco2)c1. The highest BCUT2D eigenvalue weighted by Gasteiger charge is 2.35. The highest BCUT2D eigenvalue weighted by atomic mass is 16.3. The largest absolute Gasteiger partial charge is 0.467 e. The summed E-state index contributed by atoms with van der Waals surface area (Å²) in [7, 11) is 0. The molecule has 3 aromatic rings. The molecule has 1 aliphatic rings. The summed E-state index contributed by atoms with van der Waals surface area (Å²) >= 11 is 0. The van der Waals surface area contributed by atoms with Crippen LogP contribution < -0.4 is 0 Å². The molecule has 4 heteroatoms. The van der Waals surface area contributed by atoms with Crippen LogP contribution in [0.3, 0.4) is 0 Å². The van der Waals surface area contributed by atoms with Crippen LogP contribution in [0.15, 0.2) is 82.5 Å². The summed E-state index contributed by atoms with van der Waals surface area (Å²) in [6.07, 6.45) is 2.26. The van der Waals surface area contributed by atoms with E-state index in [4.69, 9.17) is 4.42 Å². The predicted octanol–water partition coefficient (Wildman–Crippen LogP) is 4.58. The van der Waals surface area contributed by atoms with E-state index < -0.39 is 0 Å². The molecule has 0 spiro atoms. The van der Waals surface area contributed by atoms with Crippen LogP contribution in [0.2, 0.25) is 0 Å². The Morgan fingerprint density at radius 2 is 1.92 bits per heavy atom. The maximum absolute atomic E-state index is 13.1. The molecule has 1 atom stereocenters. The fourth-order valence-electron chi connectivity index (χ4n) is 3.12. The van der Waals surface area contributed by atoms with Crippen molar-refractivity contribution in [2.24, 2.45) is 5.10 Å². The normalized spacial score (nSPS) is 16.8. The third-order valence-corrected chi connectivity index (χ3v) is 4.36. The van der Waals surface area contributed by atoms with Gasteiger partial charge in [-0.2, -0.15) is 5.10 Å². The molecule has 0 bridgehead atoms. The second-order valence-electron chi connectivity index (χ2n) is 6.17. The van der Waals surface area contributed by atoms with Crippen LogP contribution in [0.4, 0.5) is 0 Å². The predicted molar refractivity (Wildman–Crippen MR) is 96.4 cm³/mol. The van der Waals surface area contributed by atoms with Gasteiger partial charge in [-0.15, -0.1) is 0 Å². The second kappa shape index (κ2) is 6.40. The smallest absolute Gasteiger partial charge is 0.274 e. The zero-order valence-corrected chi connectivity index (χ0v) is 13.9. The summed E-state index contributed by atoms with van der Waals surface area (Å²) in [5, 5.41) is 6.19. The van der Waals surface area contributed by atoms with Crippen molar-refractivity contribution >= 4 is 11.6 Å². The Balaban J connectivity index is 1.72. The van der Waals surface area contributed by atoms with Crippen LogP contribution in [-0.2, 0) is 0 Å². The van der Waals surface area contributed by atoms with E-state index in [1.165, 1.54) is 0 Å². The molecule has 124 valence electrons. The molecule has 0 saturated carbocycles. The summed E-state index contributed by atoms with van der Waals surface area (Å²) in [4.78, 5) is 13.1. The number of rotatable bonds is 3. The number of hydrazone groups is 1. The molecular formula is C21H18N2O2. The van der Waals surface area contributed by atoms with Crippen LogP contribution in [0.1, 0.15) is 39.7 Å². The lowest BCUT2D eigenvalue weighted by Crippen LogP contribution is -2.26. The van der Waals surface area contributed by atoms with Gasteiger partial charge in [-0.05, 0) is 36.8 Å². The first-order valence-electron chi connectivity index (χ1n) is 8.29. The van der Waals surface area contributed by atoms with Crippen molar-refractivity contribution < 1.29 is 9.21 Å². The van der Waals surface area contributed by atoms with E-state index in [9.17, 15) is 4.79 Å². The first-order chi connectivity index (χ1) is 12.2. The summed E-state index contributed by atoms with van der Waals surface area (Å²) in [6.45, 7) is 1.98. The quantitative estimate of drug-likeness (QED) is 0.705. The molecule has 4 rings (SSSR count). The molecule has 0 N–H and O–H groups in total. The highest BCUT2D eigenvalue weighted by molar-refractivity contribution is 6.04. The minimum atomic E-state index is -0.224. The minimum absolute atomic E-state index is 0.115. The molecule has 1 amide bonds. The van der Waals surface area contributed by atoms with Gasteiger partial charge in [0.05, 0.1) is 12.0 Å². The molecule has 1 aliphatic heterocycles. The third kappa shape index (κ3) is 2.98. The highest BCUT2D eigenvalue weighted by Crippen LogP contribution is 2.34. The van der Waals surface area contributed by atoms with Crippen LogP contribution in [0.25, 0.3) is 0 Å². The van der Waals surface area contributed by atoms with Crippen LogP contribution in [-0.4, -0.2) is 16.6 Å². The molecule has 25 heavy (non-hydrogen) atoms. The van der Waals surface area contributed by atoms with Crippen molar-refractivity contribution in [1.29, 1.82) is 0 Å². The van der Waals surface area contributed by atoms with E-state index in [0.717, 1.165) is 22.6 Å². The van der Waals surface area contributed by atoms with E-state index in [1.807, 2.05) is 73.7 Å². The summed E-state index contributed by atoms with van der Waals surface area (Å²) < 4.78 is 5.57. The van der Waals surface area contributed by atoms with Crippen molar-refractivity contribution in [3.63, 3.8) is 0 Å². The van der Waals surface area contributed by atoms with Crippen molar-refractivity contribution in [2.75, 3.05) is 0 Å². The average Bonchev–Trinajstić information content (AvgIpc) is 3.31. The number of aryl methyl sites for hydroxylation is 1. The van der Waals surface area contributed by atoms with Crippen LogP contribution in [0.5, 0.6) is 0 Å². The van der Waals surface area contributed by atoms with Gasteiger partial charge < -0.3 is 4.42 Å². The van der Waals surface area contributed by atoms with E-state index in [0.29, 0.717) is 12.0 Å². The van der Waals surface area contributed by atoms with Gasteiger partial charge >= 0.3 is 0 Å². The monoisotopic (exact) mass is 330 g/mol. The Morgan fingerprint density at radius 3 is 2.64 bits per heavy atom. The topological polar surface area (TPSA) is 45.8 Å². The molecule has 0 aliphatic carbocycles. The van der Waals surface area contributed by atoms with Gasteiger partial charge in [0, 0.05) is 12.0 Å². The Labute approximate surface area is 146 Å². The molecule has 1 aromatic heterocycles. The van der Waals surface area contributed by atoms with Crippen molar-refractivity contribution in [2.45, 2.75) is 19.4 Å². The molecule has 0 saturated heterocycles. The second-order valence-corrected chi connectivity index (χ2v) is 6.17. The number of nitrogens with zero attached hydrogens (tertiary/aromatic N) is 2. The van der Waals surface area contributed by atoms with Crippen LogP contribution in [0, 0.1) is 6.92 Å². The Hall–Kier alpha value is -3.14. The molecule has 2 aromatic carbocycles. The number of benzene rings is 2. The van der Waals surface area contributed by atoms with E-state index >= 15 is 0 Å². The maximum atomic E-state index is 13.1. The number of furan rings is 1. The summed E-state index contributed by atoms with van der Waals surface area (Å²) in [5.41, 5.74) is 3.60. The fourth-order valence-corrected chi connectivity index (χ4v) is 3.12. The molecule has 0 unspecified atom stereocenters.